The number of ketones is 1. The highest BCUT2D eigenvalue weighted by molar-refractivity contribution is 5.84. The van der Waals surface area contributed by atoms with Gasteiger partial charge in [-0.05, 0) is 36.3 Å². The minimum Gasteiger partial charge on any atom is -0.388 e. The van der Waals surface area contributed by atoms with E-state index in [9.17, 15) is 9.90 Å². The maximum absolute atomic E-state index is 12.4. The average molecular weight is 359 g/mol. The Morgan fingerprint density at radius 3 is 2.31 bits per heavy atom. The first-order valence-corrected chi connectivity index (χ1v) is 11.0. The summed E-state index contributed by atoms with van der Waals surface area (Å²) in [6.07, 6.45) is 13.0. The lowest BCUT2D eigenvalue weighted by Crippen LogP contribution is -2.13. The molecule has 26 heavy (non-hydrogen) atoms. The molecule has 0 aliphatic heterocycles. The second kappa shape index (κ2) is 11.5. The number of carbonyl (C=O) groups is 1. The molecular weight excluding hydrogens is 320 g/mol. The zero-order valence-electron chi connectivity index (χ0n) is 16.9. The molecule has 1 aromatic carbocycles. The summed E-state index contributed by atoms with van der Waals surface area (Å²) in [5.74, 6) is 1.08. The lowest BCUT2D eigenvalue weighted by atomic mass is 9.84. The van der Waals surface area contributed by atoms with E-state index in [1.807, 2.05) is 0 Å². The first-order valence-electron chi connectivity index (χ1n) is 11.0. The van der Waals surface area contributed by atoms with Gasteiger partial charge in [0.05, 0.1) is 6.10 Å². The zero-order valence-corrected chi connectivity index (χ0v) is 16.9. The van der Waals surface area contributed by atoms with Gasteiger partial charge >= 0.3 is 0 Å². The van der Waals surface area contributed by atoms with Crippen molar-refractivity contribution in [3.63, 3.8) is 0 Å². The summed E-state index contributed by atoms with van der Waals surface area (Å²) in [6, 6.07) is 8.47. The van der Waals surface area contributed by atoms with E-state index in [-0.39, 0.29) is 12.0 Å². The first-order chi connectivity index (χ1) is 12.7. The van der Waals surface area contributed by atoms with E-state index in [1.165, 1.54) is 50.5 Å². The van der Waals surface area contributed by atoms with Crippen LogP contribution in [0.15, 0.2) is 24.3 Å². The fourth-order valence-electron chi connectivity index (χ4n) is 4.36. The van der Waals surface area contributed by atoms with Crippen LogP contribution in [0.25, 0.3) is 0 Å². The van der Waals surface area contributed by atoms with Gasteiger partial charge in [-0.3, -0.25) is 4.79 Å². The number of Topliss-reactive ketones (excluding diaryl/α,β-unsaturated/α-hetero) is 1. The van der Waals surface area contributed by atoms with Gasteiger partial charge in [0.25, 0.3) is 0 Å². The second-order valence-corrected chi connectivity index (χ2v) is 8.10. The Morgan fingerprint density at radius 1 is 0.962 bits per heavy atom. The molecule has 1 N–H and O–H groups in total. The molecule has 3 atom stereocenters. The van der Waals surface area contributed by atoms with Gasteiger partial charge < -0.3 is 5.11 Å². The molecule has 0 bridgehead atoms. The molecule has 0 saturated heterocycles. The summed E-state index contributed by atoms with van der Waals surface area (Å²) in [5, 5.41) is 10.3. The van der Waals surface area contributed by atoms with E-state index in [1.54, 1.807) is 0 Å². The van der Waals surface area contributed by atoms with Crippen LogP contribution in [0.2, 0.25) is 0 Å². The van der Waals surface area contributed by atoms with Gasteiger partial charge in [0.15, 0.2) is 0 Å². The molecule has 2 rings (SSSR count). The lowest BCUT2D eigenvalue weighted by molar-refractivity contribution is -0.121. The SMILES string of the molecule is CCCCCCC[C@H]1C(=O)CCC1c1ccc(C(O)CCCCC)cc1. The highest BCUT2D eigenvalue weighted by Gasteiger charge is 2.34. The van der Waals surface area contributed by atoms with Gasteiger partial charge in [-0.15, -0.1) is 0 Å². The molecule has 146 valence electrons. The van der Waals surface area contributed by atoms with Crippen molar-refractivity contribution in [3.05, 3.63) is 35.4 Å². The van der Waals surface area contributed by atoms with Crippen LogP contribution < -0.4 is 0 Å². The van der Waals surface area contributed by atoms with Crippen molar-refractivity contribution in [2.24, 2.45) is 5.92 Å². The van der Waals surface area contributed by atoms with Crippen molar-refractivity contribution < 1.29 is 9.90 Å². The molecule has 0 spiro atoms. The fraction of sp³-hybridized carbons (Fsp3) is 0.708. The summed E-state index contributed by atoms with van der Waals surface area (Å²) < 4.78 is 0. The fourth-order valence-corrected chi connectivity index (χ4v) is 4.36. The highest BCUT2D eigenvalue weighted by atomic mass is 16.3. The largest absolute Gasteiger partial charge is 0.388 e. The van der Waals surface area contributed by atoms with Crippen LogP contribution in [-0.4, -0.2) is 10.9 Å². The number of carbonyl (C=O) groups excluding carboxylic acids is 1. The van der Waals surface area contributed by atoms with E-state index < -0.39 is 0 Å². The monoisotopic (exact) mass is 358 g/mol. The number of aliphatic hydroxyl groups excluding tert-OH is 1. The maximum Gasteiger partial charge on any atom is 0.136 e. The molecule has 2 heteroatoms. The van der Waals surface area contributed by atoms with E-state index in [2.05, 4.69) is 38.1 Å². The summed E-state index contributed by atoms with van der Waals surface area (Å²) in [5.41, 5.74) is 2.31. The van der Waals surface area contributed by atoms with Crippen LogP contribution in [0.1, 0.15) is 114 Å². The molecule has 0 radical (unpaired) electrons. The van der Waals surface area contributed by atoms with Crippen molar-refractivity contribution in [3.8, 4) is 0 Å². The van der Waals surface area contributed by atoms with E-state index >= 15 is 0 Å². The van der Waals surface area contributed by atoms with Crippen LogP contribution in [0.5, 0.6) is 0 Å². The quantitative estimate of drug-likeness (QED) is 0.421. The van der Waals surface area contributed by atoms with Crippen molar-refractivity contribution in [1.29, 1.82) is 0 Å². The van der Waals surface area contributed by atoms with Crippen molar-refractivity contribution in [1.82, 2.24) is 0 Å². The number of aliphatic hydroxyl groups is 1. The number of benzene rings is 1. The van der Waals surface area contributed by atoms with Crippen LogP contribution in [0.3, 0.4) is 0 Å². The van der Waals surface area contributed by atoms with Crippen molar-refractivity contribution >= 4 is 5.78 Å². The molecule has 0 amide bonds. The van der Waals surface area contributed by atoms with Crippen LogP contribution in [-0.2, 0) is 4.79 Å². The van der Waals surface area contributed by atoms with Crippen molar-refractivity contribution in [2.45, 2.75) is 103 Å². The van der Waals surface area contributed by atoms with E-state index in [4.69, 9.17) is 0 Å². The normalized spacial score (nSPS) is 21.3. The molecule has 1 aromatic rings. The molecule has 2 nitrogen and oxygen atoms in total. The topological polar surface area (TPSA) is 37.3 Å². The standard InChI is InChI=1S/C24H38O2/c1-3-5-7-8-10-11-22-21(17-18-24(22)26)19-13-15-20(16-14-19)23(25)12-9-6-4-2/h13-16,21-23,25H,3-12,17-18H2,1-2H3/t21?,22-,23?/m1/s1. The third-order valence-corrected chi connectivity index (χ3v) is 6.05. The number of hydrogen-bond acceptors (Lipinski definition) is 2. The van der Waals surface area contributed by atoms with Crippen LogP contribution in [0.4, 0.5) is 0 Å². The minimum atomic E-state index is -0.352. The molecular formula is C24H38O2. The summed E-state index contributed by atoms with van der Waals surface area (Å²) >= 11 is 0. The Balaban J connectivity index is 1.90. The minimum absolute atomic E-state index is 0.219. The van der Waals surface area contributed by atoms with Gasteiger partial charge in [-0.25, -0.2) is 0 Å². The molecule has 2 unspecified atom stereocenters. The smallest absolute Gasteiger partial charge is 0.136 e. The maximum atomic E-state index is 12.4. The van der Waals surface area contributed by atoms with Crippen LogP contribution in [0, 0.1) is 5.92 Å². The molecule has 1 aliphatic rings. The predicted octanol–water partition coefficient (Wildman–Crippen LogP) is 6.72. The second-order valence-electron chi connectivity index (χ2n) is 8.10. The van der Waals surface area contributed by atoms with Gasteiger partial charge in [-0.1, -0.05) is 89.5 Å². The van der Waals surface area contributed by atoms with E-state index in [0.29, 0.717) is 11.7 Å². The zero-order chi connectivity index (χ0) is 18.8. The van der Waals surface area contributed by atoms with Gasteiger partial charge in [0, 0.05) is 12.3 Å². The molecule has 1 aliphatic carbocycles. The number of hydrogen-bond donors (Lipinski definition) is 1. The average Bonchev–Trinajstić information content (AvgIpc) is 3.02. The van der Waals surface area contributed by atoms with Gasteiger partial charge in [0.2, 0.25) is 0 Å². The molecule has 0 heterocycles. The summed E-state index contributed by atoms with van der Waals surface area (Å²) in [4.78, 5) is 12.4. The Morgan fingerprint density at radius 2 is 1.62 bits per heavy atom. The Hall–Kier alpha value is -1.15. The number of rotatable bonds is 12. The Bertz CT molecular complexity index is 520. The lowest BCUT2D eigenvalue weighted by Gasteiger charge is -2.20. The summed E-state index contributed by atoms with van der Waals surface area (Å²) in [6.45, 7) is 4.42. The molecule has 1 fully saturated rings. The predicted molar refractivity (Wildman–Crippen MR) is 109 cm³/mol. The van der Waals surface area contributed by atoms with Crippen molar-refractivity contribution in [2.75, 3.05) is 0 Å². The molecule has 0 aromatic heterocycles. The van der Waals surface area contributed by atoms with E-state index in [0.717, 1.165) is 37.7 Å². The Kier molecular flexibility index (Phi) is 9.39. The third-order valence-electron chi connectivity index (χ3n) is 6.05. The van der Waals surface area contributed by atoms with Gasteiger partial charge in [0.1, 0.15) is 5.78 Å². The van der Waals surface area contributed by atoms with Gasteiger partial charge in [-0.2, -0.15) is 0 Å². The van der Waals surface area contributed by atoms with Crippen LogP contribution >= 0.6 is 0 Å². The molecule has 1 saturated carbocycles. The third kappa shape index (κ3) is 6.23. The Labute approximate surface area is 160 Å². The summed E-state index contributed by atoms with van der Waals surface area (Å²) in [7, 11) is 0. The highest BCUT2D eigenvalue weighted by Crippen LogP contribution is 2.40. The number of unbranched alkanes of at least 4 members (excludes halogenated alkanes) is 6. The first kappa shape index (κ1) is 21.2.